The summed E-state index contributed by atoms with van der Waals surface area (Å²) in [6.07, 6.45) is 2.83. The fraction of sp³-hybridized carbons (Fsp3) is 0.900. The highest BCUT2D eigenvalue weighted by molar-refractivity contribution is 5.51. The summed E-state index contributed by atoms with van der Waals surface area (Å²) in [4.78, 5) is 10.4. The van der Waals surface area contributed by atoms with E-state index >= 15 is 0 Å². The van der Waals surface area contributed by atoms with E-state index < -0.39 is 5.60 Å². The Labute approximate surface area is 79.1 Å². The van der Waals surface area contributed by atoms with Gasteiger partial charge < -0.3 is 14.6 Å². The Balaban J connectivity index is 2.58. The van der Waals surface area contributed by atoms with Crippen molar-refractivity contribution in [3.63, 3.8) is 0 Å². The molecule has 1 N–H and O–H groups in total. The van der Waals surface area contributed by atoms with Gasteiger partial charge in [-0.25, -0.2) is 0 Å². The van der Waals surface area contributed by atoms with Gasteiger partial charge in [-0.3, -0.25) is 0 Å². The Morgan fingerprint density at radius 2 is 2.31 bits per heavy atom. The lowest BCUT2D eigenvalue weighted by atomic mass is 9.96. The zero-order chi connectivity index (χ0) is 10.1. The average Bonchev–Trinajstić information content (AvgIpc) is 2.31. The van der Waals surface area contributed by atoms with Gasteiger partial charge in [0.25, 0.3) is 0 Å². The summed E-state index contributed by atoms with van der Waals surface area (Å²) < 4.78 is 5.67. The molecule has 1 aliphatic heterocycles. The van der Waals surface area contributed by atoms with Crippen LogP contribution in [0.5, 0.6) is 0 Å². The predicted octanol–water partition coefficient (Wildman–Crippen LogP) is 1.28. The Morgan fingerprint density at radius 3 is 2.69 bits per heavy atom. The van der Waals surface area contributed by atoms with Gasteiger partial charge in [-0.15, -0.1) is 0 Å². The SMILES string of the molecule is CC(C)(O)[C@@H]1CC[C@](C)(CC=O)O1. The monoisotopic (exact) mass is 186 g/mol. The van der Waals surface area contributed by atoms with Gasteiger partial charge in [0.1, 0.15) is 6.29 Å². The summed E-state index contributed by atoms with van der Waals surface area (Å²) >= 11 is 0. The summed E-state index contributed by atoms with van der Waals surface area (Å²) in [5.74, 6) is 0. The Morgan fingerprint density at radius 1 is 1.69 bits per heavy atom. The summed E-state index contributed by atoms with van der Waals surface area (Å²) in [7, 11) is 0. The van der Waals surface area contributed by atoms with Crippen LogP contribution in [0.15, 0.2) is 0 Å². The second kappa shape index (κ2) is 3.39. The predicted molar refractivity (Wildman–Crippen MR) is 49.5 cm³/mol. The van der Waals surface area contributed by atoms with E-state index in [1.165, 1.54) is 0 Å². The minimum absolute atomic E-state index is 0.141. The van der Waals surface area contributed by atoms with E-state index in [-0.39, 0.29) is 11.7 Å². The summed E-state index contributed by atoms with van der Waals surface area (Å²) in [6.45, 7) is 5.40. The van der Waals surface area contributed by atoms with Crippen LogP contribution >= 0.6 is 0 Å². The van der Waals surface area contributed by atoms with E-state index in [0.717, 1.165) is 19.1 Å². The van der Waals surface area contributed by atoms with Crippen LogP contribution in [0.2, 0.25) is 0 Å². The summed E-state index contributed by atoms with van der Waals surface area (Å²) in [5, 5.41) is 9.70. The van der Waals surface area contributed by atoms with E-state index in [9.17, 15) is 9.90 Å². The van der Waals surface area contributed by atoms with Crippen molar-refractivity contribution in [1.82, 2.24) is 0 Å². The number of carbonyl (C=O) groups excluding carboxylic acids is 1. The number of ether oxygens (including phenoxy) is 1. The standard InChI is InChI=1S/C10H18O3/c1-9(2,12)8-4-5-10(3,13-8)6-7-11/h7-8,12H,4-6H2,1-3H3/t8-,10+/m0/s1. The molecular formula is C10H18O3. The van der Waals surface area contributed by atoms with E-state index in [1.54, 1.807) is 13.8 Å². The van der Waals surface area contributed by atoms with Crippen LogP contribution in [0.3, 0.4) is 0 Å². The van der Waals surface area contributed by atoms with Gasteiger partial charge in [-0.2, -0.15) is 0 Å². The van der Waals surface area contributed by atoms with E-state index in [1.807, 2.05) is 6.92 Å². The molecule has 0 bridgehead atoms. The molecule has 0 aliphatic carbocycles. The topological polar surface area (TPSA) is 46.5 Å². The second-order valence-corrected chi connectivity index (χ2v) is 4.62. The van der Waals surface area contributed by atoms with E-state index in [0.29, 0.717) is 6.42 Å². The molecule has 0 amide bonds. The number of aldehydes is 1. The van der Waals surface area contributed by atoms with Crippen molar-refractivity contribution in [1.29, 1.82) is 0 Å². The highest BCUT2D eigenvalue weighted by Gasteiger charge is 2.41. The third-order valence-corrected chi connectivity index (χ3v) is 2.67. The molecule has 1 rings (SSSR count). The van der Waals surface area contributed by atoms with E-state index in [2.05, 4.69) is 0 Å². The van der Waals surface area contributed by atoms with E-state index in [4.69, 9.17) is 4.74 Å². The molecule has 0 aromatic carbocycles. The molecule has 13 heavy (non-hydrogen) atoms. The molecule has 0 aromatic heterocycles. The number of hydrogen-bond donors (Lipinski definition) is 1. The average molecular weight is 186 g/mol. The molecule has 1 aliphatic rings. The maximum atomic E-state index is 10.4. The number of hydrogen-bond acceptors (Lipinski definition) is 3. The van der Waals surface area contributed by atoms with Gasteiger partial charge in [0.05, 0.1) is 17.3 Å². The summed E-state index contributed by atoms with van der Waals surface area (Å²) in [6, 6.07) is 0. The van der Waals surface area contributed by atoms with Gasteiger partial charge in [0, 0.05) is 6.42 Å². The summed E-state index contributed by atoms with van der Waals surface area (Å²) in [5.41, 5.74) is -1.16. The molecule has 1 fully saturated rings. The number of aliphatic hydroxyl groups is 1. The molecular weight excluding hydrogens is 168 g/mol. The molecule has 0 aromatic rings. The minimum Gasteiger partial charge on any atom is -0.388 e. The number of rotatable bonds is 3. The molecule has 1 saturated heterocycles. The van der Waals surface area contributed by atoms with Crippen molar-refractivity contribution in [2.45, 2.75) is 57.3 Å². The van der Waals surface area contributed by atoms with Gasteiger partial charge in [0.15, 0.2) is 0 Å². The van der Waals surface area contributed by atoms with Crippen molar-refractivity contribution in [3.05, 3.63) is 0 Å². The van der Waals surface area contributed by atoms with Crippen molar-refractivity contribution in [3.8, 4) is 0 Å². The normalized spacial score (nSPS) is 34.9. The zero-order valence-electron chi connectivity index (χ0n) is 8.54. The maximum Gasteiger partial charge on any atom is 0.122 e. The Hall–Kier alpha value is -0.410. The van der Waals surface area contributed by atoms with Crippen molar-refractivity contribution in [2.75, 3.05) is 0 Å². The molecule has 76 valence electrons. The molecule has 0 spiro atoms. The van der Waals surface area contributed by atoms with Crippen molar-refractivity contribution >= 4 is 6.29 Å². The lowest BCUT2D eigenvalue weighted by molar-refractivity contribution is -0.128. The fourth-order valence-corrected chi connectivity index (χ4v) is 1.72. The lowest BCUT2D eigenvalue weighted by Crippen LogP contribution is -2.38. The van der Waals surface area contributed by atoms with Crippen LogP contribution in [0.4, 0.5) is 0 Å². The molecule has 0 saturated carbocycles. The Bertz CT molecular complexity index is 195. The van der Waals surface area contributed by atoms with Gasteiger partial charge in [0.2, 0.25) is 0 Å². The van der Waals surface area contributed by atoms with Crippen LogP contribution in [-0.2, 0) is 9.53 Å². The first kappa shape index (κ1) is 10.7. The molecule has 3 nitrogen and oxygen atoms in total. The molecule has 0 unspecified atom stereocenters. The molecule has 1 heterocycles. The maximum absolute atomic E-state index is 10.4. The second-order valence-electron chi connectivity index (χ2n) is 4.62. The van der Waals surface area contributed by atoms with Crippen LogP contribution < -0.4 is 0 Å². The zero-order valence-corrected chi connectivity index (χ0v) is 8.54. The van der Waals surface area contributed by atoms with Crippen LogP contribution in [0.25, 0.3) is 0 Å². The largest absolute Gasteiger partial charge is 0.388 e. The van der Waals surface area contributed by atoms with Crippen LogP contribution in [0, 0.1) is 0 Å². The smallest absolute Gasteiger partial charge is 0.122 e. The van der Waals surface area contributed by atoms with Gasteiger partial charge in [-0.05, 0) is 33.6 Å². The highest BCUT2D eigenvalue weighted by Crippen LogP contribution is 2.36. The molecule has 0 radical (unpaired) electrons. The fourth-order valence-electron chi connectivity index (χ4n) is 1.72. The van der Waals surface area contributed by atoms with Crippen LogP contribution in [-0.4, -0.2) is 28.7 Å². The minimum atomic E-state index is -0.805. The lowest BCUT2D eigenvalue weighted by Gasteiger charge is -2.28. The highest BCUT2D eigenvalue weighted by atomic mass is 16.5. The molecule has 3 heteroatoms. The third kappa shape index (κ3) is 2.51. The van der Waals surface area contributed by atoms with Crippen molar-refractivity contribution < 1.29 is 14.6 Å². The number of carbonyl (C=O) groups is 1. The Kier molecular flexibility index (Phi) is 2.78. The molecule has 2 atom stereocenters. The van der Waals surface area contributed by atoms with Crippen molar-refractivity contribution in [2.24, 2.45) is 0 Å². The van der Waals surface area contributed by atoms with Crippen LogP contribution in [0.1, 0.15) is 40.0 Å². The van der Waals surface area contributed by atoms with Gasteiger partial charge >= 0.3 is 0 Å². The quantitative estimate of drug-likeness (QED) is 0.675. The van der Waals surface area contributed by atoms with Gasteiger partial charge in [-0.1, -0.05) is 0 Å². The first-order valence-electron chi connectivity index (χ1n) is 4.71. The third-order valence-electron chi connectivity index (χ3n) is 2.67. The first-order valence-corrected chi connectivity index (χ1v) is 4.71. The first-order chi connectivity index (χ1) is 5.87.